The molecule has 0 unspecified atom stereocenters. The molecule has 0 saturated heterocycles. The molecule has 1 aromatic carbocycles. The average molecular weight is 288 g/mol. The summed E-state index contributed by atoms with van der Waals surface area (Å²) < 4.78 is 6.82. The van der Waals surface area contributed by atoms with Crippen molar-refractivity contribution in [2.24, 2.45) is 0 Å². The van der Waals surface area contributed by atoms with E-state index in [-0.39, 0.29) is 5.28 Å². The summed E-state index contributed by atoms with van der Waals surface area (Å²) in [5.41, 5.74) is 0.766. The summed E-state index contributed by atoms with van der Waals surface area (Å²) in [7, 11) is 1.60. The second-order valence-electron chi connectivity index (χ2n) is 3.87. The fourth-order valence-electron chi connectivity index (χ4n) is 1.83. The highest BCUT2D eigenvalue weighted by atomic mass is 35.5. The van der Waals surface area contributed by atoms with E-state index in [1.807, 2.05) is 24.3 Å². The molecule has 6 nitrogen and oxygen atoms in total. The van der Waals surface area contributed by atoms with Gasteiger partial charge in [-0.05, 0) is 29.8 Å². The van der Waals surface area contributed by atoms with Gasteiger partial charge >= 0.3 is 0 Å². The van der Waals surface area contributed by atoms with E-state index in [9.17, 15) is 0 Å². The normalized spacial score (nSPS) is 10.5. The molecular weight excluding hydrogens is 278 g/mol. The third-order valence-electron chi connectivity index (χ3n) is 2.67. The van der Waals surface area contributed by atoms with Crippen LogP contribution in [0.5, 0.6) is 5.75 Å². The predicted octanol–water partition coefficient (Wildman–Crippen LogP) is 2.39. The Bertz CT molecular complexity index is 729. The summed E-state index contributed by atoms with van der Waals surface area (Å²) in [4.78, 5) is 12.5. The Kier molecular flexibility index (Phi) is 3.30. The molecule has 0 bridgehead atoms. The number of aromatic nitrogens is 5. The van der Waals surface area contributed by atoms with Crippen LogP contribution in [0, 0.1) is 0 Å². The summed E-state index contributed by atoms with van der Waals surface area (Å²) in [5.74, 6) is 1.60. The van der Waals surface area contributed by atoms with Crippen LogP contribution in [0.4, 0.5) is 0 Å². The number of rotatable bonds is 3. The zero-order valence-electron chi connectivity index (χ0n) is 10.6. The number of hydrogen-bond donors (Lipinski definition) is 0. The van der Waals surface area contributed by atoms with Gasteiger partial charge in [-0.3, -0.25) is 0 Å². The van der Waals surface area contributed by atoms with Crippen molar-refractivity contribution in [3.8, 4) is 23.1 Å². The second kappa shape index (κ2) is 5.26. The van der Waals surface area contributed by atoms with Crippen LogP contribution in [-0.2, 0) is 0 Å². The molecule has 20 heavy (non-hydrogen) atoms. The molecule has 3 rings (SSSR count). The number of methoxy groups -OCH3 is 1. The Hall–Kier alpha value is -2.47. The van der Waals surface area contributed by atoms with Crippen LogP contribution in [0.25, 0.3) is 17.3 Å². The molecule has 3 aromatic rings. The van der Waals surface area contributed by atoms with Crippen LogP contribution in [0.2, 0.25) is 5.28 Å². The molecular formula is C13H10ClN5O. The SMILES string of the molecule is COc1ccccc1-c1nc(Cl)nn1-c1ncccn1. The van der Waals surface area contributed by atoms with Crippen molar-refractivity contribution in [2.45, 2.75) is 0 Å². The Balaban J connectivity index is 2.20. The van der Waals surface area contributed by atoms with E-state index >= 15 is 0 Å². The predicted molar refractivity (Wildman–Crippen MR) is 73.9 cm³/mol. The molecule has 100 valence electrons. The summed E-state index contributed by atoms with van der Waals surface area (Å²) in [5, 5.41) is 4.25. The number of halogens is 1. The van der Waals surface area contributed by atoms with Gasteiger partial charge in [0.05, 0.1) is 12.7 Å². The van der Waals surface area contributed by atoms with Crippen molar-refractivity contribution in [3.63, 3.8) is 0 Å². The lowest BCUT2D eigenvalue weighted by Gasteiger charge is -2.08. The first kappa shape index (κ1) is 12.6. The zero-order valence-corrected chi connectivity index (χ0v) is 11.3. The minimum Gasteiger partial charge on any atom is -0.496 e. The van der Waals surface area contributed by atoms with Crippen LogP contribution >= 0.6 is 11.6 Å². The fourth-order valence-corrected chi connectivity index (χ4v) is 1.99. The van der Waals surface area contributed by atoms with Crippen molar-refractivity contribution in [1.82, 2.24) is 24.7 Å². The minimum atomic E-state index is 0.123. The van der Waals surface area contributed by atoms with Crippen LogP contribution in [0.1, 0.15) is 0 Å². The first-order valence-corrected chi connectivity index (χ1v) is 6.20. The Morgan fingerprint density at radius 1 is 1.10 bits per heavy atom. The van der Waals surface area contributed by atoms with Gasteiger partial charge in [0.1, 0.15) is 5.75 Å². The second-order valence-corrected chi connectivity index (χ2v) is 4.20. The van der Waals surface area contributed by atoms with E-state index in [1.165, 1.54) is 4.68 Å². The molecule has 0 spiro atoms. The highest BCUT2D eigenvalue weighted by Crippen LogP contribution is 2.29. The van der Waals surface area contributed by atoms with Crippen molar-refractivity contribution in [3.05, 3.63) is 48.0 Å². The molecule has 0 aliphatic carbocycles. The van der Waals surface area contributed by atoms with Crippen LogP contribution in [-0.4, -0.2) is 31.8 Å². The maximum Gasteiger partial charge on any atom is 0.252 e. The minimum absolute atomic E-state index is 0.123. The number of para-hydroxylation sites is 1. The first-order chi connectivity index (χ1) is 9.79. The monoisotopic (exact) mass is 287 g/mol. The average Bonchev–Trinajstić information content (AvgIpc) is 2.90. The lowest BCUT2D eigenvalue weighted by atomic mass is 10.2. The molecule has 7 heteroatoms. The van der Waals surface area contributed by atoms with Gasteiger partial charge in [0.25, 0.3) is 5.95 Å². The Morgan fingerprint density at radius 3 is 2.60 bits per heavy atom. The van der Waals surface area contributed by atoms with E-state index in [2.05, 4.69) is 20.1 Å². The number of nitrogens with zero attached hydrogens (tertiary/aromatic N) is 5. The maximum absolute atomic E-state index is 5.92. The highest BCUT2D eigenvalue weighted by Gasteiger charge is 2.17. The van der Waals surface area contributed by atoms with E-state index in [4.69, 9.17) is 16.3 Å². The van der Waals surface area contributed by atoms with Gasteiger partial charge in [0.15, 0.2) is 5.82 Å². The number of ether oxygens (including phenoxy) is 1. The fraction of sp³-hybridized carbons (Fsp3) is 0.0769. The van der Waals surface area contributed by atoms with Crippen LogP contribution in [0.3, 0.4) is 0 Å². The molecule has 0 atom stereocenters. The summed E-state index contributed by atoms with van der Waals surface area (Å²) in [6, 6.07) is 9.21. The largest absolute Gasteiger partial charge is 0.496 e. The third-order valence-corrected chi connectivity index (χ3v) is 2.83. The maximum atomic E-state index is 5.92. The van der Waals surface area contributed by atoms with Gasteiger partial charge in [0, 0.05) is 12.4 Å². The molecule has 0 aliphatic rings. The van der Waals surface area contributed by atoms with E-state index in [1.54, 1.807) is 25.6 Å². The Morgan fingerprint density at radius 2 is 1.85 bits per heavy atom. The lowest BCUT2D eigenvalue weighted by molar-refractivity contribution is 0.416. The quantitative estimate of drug-likeness (QED) is 0.740. The lowest BCUT2D eigenvalue weighted by Crippen LogP contribution is -2.04. The van der Waals surface area contributed by atoms with Gasteiger partial charge in [-0.15, -0.1) is 5.10 Å². The third kappa shape index (κ3) is 2.21. The number of benzene rings is 1. The molecule has 2 heterocycles. The summed E-state index contributed by atoms with van der Waals surface area (Å²) in [6.45, 7) is 0. The molecule has 0 N–H and O–H groups in total. The molecule has 0 saturated carbocycles. The van der Waals surface area contributed by atoms with Crippen LogP contribution < -0.4 is 4.74 Å². The smallest absolute Gasteiger partial charge is 0.252 e. The molecule has 0 amide bonds. The van der Waals surface area contributed by atoms with E-state index < -0.39 is 0 Å². The first-order valence-electron chi connectivity index (χ1n) is 5.83. The van der Waals surface area contributed by atoms with Crippen LogP contribution in [0.15, 0.2) is 42.7 Å². The molecule has 0 radical (unpaired) electrons. The van der Waals surface area contributed by atoms with Gasteiger partial charge in [0.2, 0.25) is 5.28 Å². The molecule has 0 fully saturated rings. The number of hydrogen-bond acceptors (Lipinski definition) is 5. The van der Waals surface area contributed by atoms with E-state index in [0.717, 1.165) is 5.56 Å². The summed E-state index contributed by atoms with van der Waals surface area (Å²) in [6.07, 6.45) is 3.26. The topological polar surface area (TPSA) is 65.7 Å². The van der Waals surface area contributed by atoms with E-state index in [0.29, 0.717) is 17.5 Å². The highest BCUT2D eigenvalue weighted by molar-refractivity contribution is 6.28. The van der Waals surface area contributed by atoms with Crippen molar-refractivity contribution in [1.29, 1.82) is 0 Å². The van der Waals surface area contributed by atoms with Crippen molar-refractivity contribution < 1.29 is 4.74 Å². The van der Waals surface area contributed by atoms with Crippen molar-refractivity contribution in [2.75, 3.05) is 7.11 Å². The van der Waals surface area contributed by atoms with Gasteiger partial charge < -0.3 is 4.74 Å². The van der Waals surface area contributed by atoms with Gasteiger partial charge in [-0.25, -0.2) is 9.97 Å². The summed E-state index contributed by atoms with van der Waals surface area (Å²) >= 11 is 5.92. The molecule has 0 aliphatic heterocycles. The standard InChI is InChI=1S/C13H10ClN5O/c1-20-10-6-3-2-5-9(10)11-17-12(14)18-19(11)13-15-7-4-8-16-13/h2-8H,1H3. The molecule has 2 aromatic heterocycles. The zero-order chi connectivity index (χ0) is 13.9. The van der Waals surface area contributed by atoms with Gasteiger partial charge in [-0.1, -0.05) is 12.1 Å². The Labute approximate surface area is 120 Å². The van der Waals surface area contributed by atoms with Crippen molar-refractivity contribution >= 4 is 11.6 Å². The van der Waals surface area contributed by atoms with Gasteiger partial charge in [-0.2, -0.15) is 9.67 Å².